The zero-order valence-corrected chi connectivity index (χ0v) is 15.7. The van der Waals surface area contributed by atoms with Gasteiger partial charge >= 0.3 is 12.1 Å². The van der Waals surface area contributed by atoms with Crippen molar-refractivity contribution >= 4 is 18.0 Å². The molecule has 2 aliphatic rings. The first-order valence-electron chi connectivity index (χ1n) is 9.01. The number of fused-ring (bicyclic) bond motifs is 1. The number of hydroxylamine groups is 2. The van der Waals surface area contributed by atoms with Crippen LogP contribution in [0.15, 0.2) is 24.3 Å². The predicted octanol–water partition coefficient (Wildman–Crippen LogP) is 2.38. The average Bonchev–Trinajstić information content (AvgIpc) is 2.85. The van der Waals surface area contributed by atoms with E-state index >= 15 is 0 Å². The molecule has 0 saturated carbocycles. The van der Waals surface area contributed by atoms with Crippen LogP contribution in [0.4, 0.5) is 4.79 Å². The summed E-state index contributed by atoms with van der Waals surface area (Å²) in [5.41, 5.74) is -0.0282. The van der Waals surface area contributed by atoms with Gasteiger partial charge in [-0.3, -0.25) is 9.69 Å². The Morgan fingerprint density at radius 1 is 1.19 bits per heavy atom. The largest absolute Gasteiger partial charge is 0.444 e. The Hall–Kier alpha value is -2.61. The topological polar surface area (TPSA) is 96.4 Å². The van der Waals surface area contributed by atoms with Crippen molar-refractivity contribution in [2.75, 3.05) is 6.54 Å². The maximum absolute atomic E-state index is 12.7. The summed E-state index contributed by atoms with van der Waals surface area (Å²) < 4.78 is 5.37. The summed E-state index contributed by atoms with van der Waals surface area (Å²) in [7, 11) is 0. The van der Waals surface area contributed by atoms with Gasteiger partial charge in [0.25, 0.3) is 5.91 Å². The van der Waals surface area contributed by atoms with E-state index in [2.05, 4.69) is 0 Å². The third-order valence-electron chi connectivity index (χ3n) is 4.48. The van der Waals surface area contributed by atoms with Crippen molar-refractivity contribution in [3.63, 3.8) is 0 Å². The van der Waals surface area contributed by atoms with Gasteiger partial charge in [0.15, 0.2) is 6.23 Å². The van der Waals surface area contributed by atoms with E-state index in [9.17, 15) is 19.5 Å². The smallest absolute Gasteiger partial charge is 0.411 e. The number of aliphatic hydroxyl groups is 1. The molecule has 1 N–H and O–H groups in total. The van der Waals surface area contributed by atoms with Crippen molar-refractivity contribution < 1.29 is 29.1 Å². The molecule has 27 heavy (non-hydrogen) atoms. The van der Waals surface area contributed by atoms with Crippen molar-refractivity contribution in [1.29, 1.82) is 0 Å². The van der Waals surface area contributed by atoms with E-state index in [-0.39, 0.29) is 5.56 Å². The number of carbonyl (C=O) groups excluding carboxylic acids is 3. The molecule has 2 aliphatic heterocycles. The van der Waals surface area contributed by atoms with Gasteiger partial charge < -0.3 is 14.7 Å². The summed E-state index contributed by atoms with van der Waals surface area (Å²) in [6.07, 6.45) is -0.0597. The van der Waals surface area contributed by atoms with Gasteiger partial charge in [0.2, 0.25) is 0 Å². The van der Waals surface area contributed by atoms with Gasteiger partial charge in [-0.1, -0.05) is 18.2 Å². The fourth-order valence-electron chi connectivity index (χ4n) is 3.24. The summed E-state index contributed by atoms with van der Waals surface area (Å²) in [6, 6.07) is 5.64. The van der Waals surface area contributed by atoms with E-state index < -0.39 is 35.8 Å². The van der Waals surface area contributed by atoms with Crippen molar-refractivity contribution in [3.05, 3.63) is 35.4 Å². The summed E-state index contributed by atoms with van der Waals surface area (Å²) in [5.74, 6) is -1.35. The fraction of sp³-hybridized carbons (Fsp3) is 0.526. The summed E-state index contributed by atoms with van der Waals surface area (Å²) in [5, 5.41) is 11.0. The zero-order chi connectivity index (χ0) is 19.8. The number of benzene rings is 1. The normalized spacial score (nSPS) is 22.4. The predicted molar refractivity (Wildman–Crippen MR) is 94.2 cm³/mol. The molecule has 2 heterocycles. The van der Waals surface area contributed by atoms with E-state index in [0.29, 0.717) is 23.6 Å². The molecule has 1 aromatic rings. The molecule has 1 fully saturated rings. The first-order valence-corrected chi connectivity index (χ1v) is 9.01. The minimum Gasteiger partial charge on any atom is -0.444 e. The Kier molecular flexibility index (Phi) is 5.10. The molecule has 2 amide bonds. The molecule has 2 atom stereocenters. The summed E-state index contributed by atoms with van der Waals surface area (Å²) in [4.78, 5) is 44.1. The standard InChI is InChI=1S/C19H24N2O6/c1-19(2,3)26-18(25)20-11-7-6-10-14(20)17(24)27-21-15(22)12-8-4-5-9-13(12)16(21)23/h4-5,8-9,14-15,22H,6-7,10-11H2,1-3H3. The van der Waals surface area contributed by atoms with Crippen LogP contribution in [0.5, 0.6) is 0 Å². The Morgan fingerprint density at radius 3 is 2.56 bits per heavy atom. The Morgan fingerprint density at radius 2 is 1.89 bits per heavy atom. The molecule has 2 unspecified atom stereocenters. The second-order valence-electron chi connectivity index (χ2n) is 7.69. The Labute approximate surface area is 157 Å². The Balaban J connectivity index is 1.73. The number of nitrogens with zero attached hydrogens (tertiary/aromatic N) is 2. The highest BCUT2D eigenvalue weighted by molar-refractivity contribution is 5.99. The van der Waals surface area contributed by atoms with Crippen molar-refractivity contribution in [2.45, 2.75) is 57.9 Å². The molecule has 0 aliphatic carbocycles. The van der Waals surface area contributed by atoms with E-state index in [1.54, 1.807) is 45.0 Å². The van der Waals surface area contributed by atoms with Gasteiger partial charge in [0, 0.05) is 12.1 Å². The number of carbonyl (C=O) groups is 3. The van der Waals surface area contributed by atoms with Crippen LogP contribution in [0.25, 0.3) is 0 Å². The molecule has 1 aromatic carbocycles. The van der Waals surface area contributed by atoms with E-state index in [1.807, 2.05) is 0 Å². The van der Waals surface area contributed by atoms with E-state index in [0.717, 1.165) is 12.8 Å². The number of piperidine rings is 1. The van der Waals surface area contributed by atoms with Gasteiger partial charge in [-0.2, -0.15) is 0 Å². The van der Waals surface area contributed by atoms with Gasteiger partial charge in [-0.05, 0) is 46.1 Å². The third-order valence-corrected chi connectivity index (χ3v) is 4.48. The van der Waals surface area contributed by atoms with Crippen LogP contribution in [-0.2, 0) is 14.4 Å². The lowest BCUT2D eigenvalue weighted by molar-refractivity contribution is -0.213. The van der Waals surface area contributed by atoms with Crippen molar-refractivity contribution in [3.8, 4) is 0 Å². The number of hydrogen-bond donors (Lipinski definition) is 1. The SMILES string of the molecule is CC(C)(C)OC(=O)N1CCCCC1C(=O)ON1C(=O)c2ccccc2C1O. The van der Waals surface area contributed by atoms with Crippen LogP contribution >= 0.6 is 0 Å². The molecule has 8 nitrogen and oxygen atoms in total. The first kappa shape index (κ1) is 19.2. The number of aliphatic hydroxyl groups excluding tert-OH is 1. The van der Waals surface area contributed by atoms with Crippen molar-refractivity contribution in [1.82, 2.24) is 9.96 Å². The van der Waals surface area contributed by atoms with E-state index in [4.69, 9.17) is 9.57 Å². The molecule has 0 aromatic heterocycles. The number of ether oxygens (including phenoxy) is 1. The quantitative estimate of drug-likeness (QED) is 0.851. The van der Waals surface area contributed by atoms with Gasteiger partial charge in [-0.25, -0.2) is 9.59 Å². The second-order valence-corrected chi connectivity index (χ2v) is 7.69. The number of rotatable bonds is 2. The monoisotopic (exact) mass is 376 g/mol. The molecule has 1 saturated heterocycles. The second kappa shape index (κ2) is 7.19. The molecule has 0 bridgehead atoms. The molecule has 3 rings (SSSR count). The Bertz CT molecular complexity index is 757. The third kappa shape index (κ3) is 3.90. The van der Waals surface area contributed by atoms with Crippen molar-refractivity contribution in [2.24, 2.45) is 0 Å². The number of hydrogen-bond acceptors (Lipinski definition) is 6. The average molecular weight is 376 g/mol. The maximum atomic E-state index is 12.7. The molecule has 0 radical (unpaired) electrons. The summed E-state index contributed by atoms with van der Waals surface area (Å²) in [6.45, 7) is 5.61. The fourth-order valence-corrected chi connectivity index (χ4v) is 3.24. The highest BCUT2D eigenvalue weighted by Gasteiger charge is 2.42. The highest BCUT2D eigenvalue weighted by Crippen LogP contribution is 2.32. The number of likely N-dealkylation sites (tertiary alicyclic amines) is 1. The summed E-state index contributed by atoms with van der Waals surface area (Å²) >= 11 is 0. The van der Waals surface area contributed by atoms with Crippen LogP contribution in [0, 0.1) is 0 Å². The van der Waals surface area contributed by atoms with Crippen LogP contribution in [0.2, 0.25) is 0 Å². The lowest BCUT2D eigenvalue weighted by Crippen LogP contribution is -2.51. The molecule has 8 heteroatoms. The first-order chi connectivity index (χ1) is 12.7. The molecular formula is C19H24N2O6. The van der Waals surface area contributed by atoms with Gasteiger partial charge in [0.05, 0.1) is 5.56 Å². The lowest BCUT2D eigenvalue weighted by atomic mass is 10.0. The number of amides is 2. The van der Waals surface area contributed by atoms with Crippen LogP contribution in [0.3, 0.4) is 0 Å². The lowest BCUT2D eigenvalue weighted by Gasteiger charge is -2.35. The van der Waals surface area contributed by atoms with Crippen LogP contribution < -0.4 is 0 Å². The van der Waals surface area contributed by atoms with Crippen LogP contribution in [-0.4, -0.2) is 51.2 Å². The zero-order valence-electron chi connectivity index (χ0n) is 15.7. The minimum atomic E-state index is -1.36. The molecular weight excluding hydrogens is 352 g/mol. The molecule has 146 valence electrons. The highest BCUT2D eigenvalue weighted by atomic mass is 16.7. The van der Waals surface area contributed by atoms with E-state index in [1.165, 1.54) is 4.90 Å². The molecule has 0 spiro atoms. The maximum Gasteiger partial charge on any atom is 0.411 e. The van der Waals surface area contributed by atoms with Gasteiger partial charge in [-0.15, -0.1) is 5.06 Å². The minimum absolute atomic E-state index is 0.283. The van der Waals surface area contributed by atoms with Crippen LogP contribution in [0.1, 0.15) is 62.2 Å². The van der Waals surface area contributed by atoms with Gasteiger partial charge in [0.1, 0.15) is 11.6 Å².